The van der Waals surface area contributed by atoms with Gasteiger partial charge in [0.25, 0.3) is 0 Å². The molecule has 3 rings (SSSR count). The van der Waals surface area contributed by atoms with Crippen LogP contribution in [0.25, 0.3) is 0 Å². The van der Waals surface area contributed by atoms with Gasteiger partial charge in [0.2, 0.25) is 5.91 Å². The lowest BCUT2D eigenvalue weighted by atomic mass is 10.1. The summed E-state index contributed by atoms with van der Waals surface area (Å²) in [6.07, 6.45) is 1.87. The standard InChI is InChI=1S/C17H16FN5O/c18-15-8-4-7-14(9-15)11-19-17(24)16(23-12-20-21-22-23)10-13-5-2-1-3-6-13/h1-9,12,16H,10-11H2,(H,19,24)/t16-/m0/s1. The van der Waals surface area contributed by atoms with Gasteiger partial charge in [0.05, 0.1) is 0 Å². The number of hydrogen-bond acceptors (Lipinski definition) is 4. The van der Waals surface area contributed by atoms with E-state index in [9.17, 15) is 9.18 Å². The first-order valence-electron chi connectivity index (χ1n) is 7.51. The molecule has 0 saturated carbocycles. The summed E-state index contributed by atoms with van der Waals surface area (Å²) in [5.74, 6) is -0.557. The molecule has 0 aliphatic heterocycles. The average molecular weight is 325 g/mol. The summed E-state index contributed by atoms with van der Waals surface area (Å²) >= 11 is 0. The average Bonchev–Trinajstić information content (AvgIpc) is 3.13. The van der Waals surface area contributed by atoms with Crippen LogP contribution < -0.4 is 5.32 Å². The summed E-state index contributed by atoms with van der Waals surface area (Å²) in [5.41, 5.74) is 1.69. The fourth-order valence-electron chi connectivity index (χ4n) is 2.41. The van der Waals surface area contributed by atoms with E-state index in [2.05, 4.69) is 20.8 Å². The molecule has 7 heteroatoms. The molecule has 0 spiro atoms. The molecule has 1 heterocycles. The van der Waals surface area contributed by atoms with Crippen molar-refractivity contribution < 1.29 is 9.18 Å². The van der Waals surface area contributed by atoms with Gasteiger partial charge in [-0.05, 0) is 33.7 Å². The number of halogens is 1. The van der Waals surface area contributed by atoms with Gasteiger partial charge in [-0.1, -0.05) is 42.5 Å². The molecule has 1 N–H and O–H groups in total. The van der Waals surface area contributed by atoms with Crippen molar-refractivity contribution in [2.45, 2.75) is 19.0 Å². The molecule has 2 aromatic carbocycles. The lowest BCUT2D eigenvalue weighted by molar-refractivity contribution is -0.124. The molecule has 0 bridgehead atoms. The van der Waals surface area contributed by atoms with Crippen LogP contribution in [-0.2, 0) is 17.8 Å². The number of benzene rings is 2. The minimum Gasteiger partial charge on any atom is -0.350 e. The van der Waals surface area contributed by atoms with Crippen molar-refractivity contribution in [3.05, 3.63) is 77.9 Å². The number of carbonyl (C=O) groups is 1. The van der Waals surface area contributed by atoms with Crippen LogP contribution in [0.3, 0.4) is 0 Å². The summed E-state index contributed by atoms with van der Waals surface area (Å²) in [6, 6.07) is 15.2. The number of nitrogens with zero attached hydrogens (tertiary/aromatic N) is 4. The van der Waals surface area contributed by atoms with E-state index < -0.39 is 6.04 Å². The van der Waals surface area contributed by atoms with Crippen LogP contribution >= 0.6 is 0 Å². The van der Waals surface area contributed by atoms with Crippen molar-refractivity contribution in [2.75, 3.05) is 0 Å². The number of tetrazole rings is 1. The van der Waals surface area contributed by atoms with E-state index in [1.807, 2.05) is 30.3 Å². The predicted octanol–water partition coefficient (Wildman–Crippen LogP) is 1.91. The Balaban J connectivity index is 1.71. The van der Waals surface area contributed by atoms with Crippen LogP contribution in [0, 0.1) is 5.82 Å². The van der Waals surface area contributed by atoms with Gasteiger partial charge in [0.1, 0.15) is 18.2 Å². The van der Waals surface area contributed by atoms with Crippen molar-refractivity contribution >= 4 is 5.91 Å². The van der Waals surface area contributed by atoms with E-state index in [1.165, 1.54) is 23.1 Å². The van der Waals surface area contributed by atoms with E-state index >= 15 is 0 Å². The van der Waals surface area contributed by atoms with Crippen LogP contribution in [0.2, 0.25) is 0 Å². The Kier molecular flexibility index (Phi) is 4.90. The quantitative estimate of drug-likeness (QED) is 0.751. The Morgan fingerprint density at radius 1 is 1.12 bits per heavy atom. The first-order valence-corrected chi connectivity index (χ1v) is 7.51. The van der Waals surface area contributed by atoms with Gasteiger partial charge in [0, 0.05) is 13.0 Å². The summed E-state index contributed by atoms with van der Waals surface area (Å²) < 4.78 is 14.6. The third-order valence-electron chi connectivity index (χ3n) is 3.61. The molecule has 1 atom stereocenters. The van der Waals surface area contributed by atoms with Crippen molar-refractivity contribution in [1.29, 1.82) is 0 Å². The second kappa shape index (κ2) is 7.45. The van der Waals surface area contributed by atoms with Gasteiger partial charge in [-0.25, -0.2) is 9.07 Å². The summed E-state index contributed by atoms with van der Waals surface area (Å²) in [5, 5.41) is 13.9. The third-order valence-corrected chi connectivity index (χ3v) is 3.61. The van der Waals surface area contributed by atoms with Gasteiger partial charge >= 0.3 is 0 Å². The molecule has 122 valence electrons. The molecule has 0 unspecified atom stereocenters. The topological polar surface area (TPSA) is 72.7 Å². The van der Waals surface area contributed by atoms with E-state index in [0.29, 0.717) is 12.0 Å². The van der Waals surface area contributed by atoms with Gasteiger partial charge in [-0.2, -0.15) is 0 Å². The summed E-state index contributed by atoms with van der Waals surface area (Å²) in [7, 11) is 0. The highest BCUT2D eigenvalue weighted by Crippen LogP contribution is 2.13. The number of carbonyl (C=O) groups excluding carboxylic acids is 1. The van der Waals surface area contributed by atoms with E-state index in [1.54, 1.807) is 12.1 Å². The molecule has 1 aromatic heterocycles. The molecule has 6 nitrogen and oxygen atoms in total. The fourth-order valence-corrected chi connectivity index (χ4v) is 2.41. The molecule has 0 saturated heterocycles. The zero-order valence-corrected chi connectivity index (χ0v) is 12.8. The first-order chi connectivity index (χ1) is 11.7. The molecule has 0 aliphatic carbocycles. The van der Waals surface area contributed by atoms with Crippen molar-refractivity contribution in [3.63, 3.8) is 0 Å². The Labute approximate surface area is 138 Å². The predicted molar refractivity (Wildman–Crippen MR) is 85.2 cm³/mol. The minimum atomic E-state index is -0.573. The smallest absolute Gasteiger partial charge is 0.245 e. The van der Waals surface area contributed by atoms with Gasteiger partial charge in [0.15, 0.2) is 0 Å². The molecule has 1 amide bonds. The normalized spacial score (nSPS) is 11.9. The maximum absolute atomic E-state index is 13.2. The fraction of sp³-hybridized carbons (Fsp3) is 0.176. The Morgan fingerprint density at radius 3 is 2.62 bits per heavy atom. The molecule has 0 radical (unpaired) electrons. The number of rotatable bonds is 6. The number of hydrogen-bond donors (Lipinski definition) is 1. The lowest BCUT2D eigenvalue weighted by Gasteiger charge is -2.16. The number of aromatic nitrogens is 4. The van der Waals surface area contributed by atoms with Gasteiger partial charge in [-0.3, -0.25) is 4.79 Å². The SMILES string of the molecule is O=C(NCc1cccc(F)c1)[C@H](Cc1ccccc1)n1cnnn1. The highest BCUT2D eigenvalue weighted by atomic mass is 19.1. The van der Waals surface area contributed by atoms with Crippen molar-refractivity contribution in [3.8, 4) is 0 Å². The van der Waals surface area contributed by atoms with Gasteiger partial charge in [-0.15, -0.1) is 5.10 Å². The molecule has 0 fully saturated rings. The molecule has 24 heavy (non-hydrogen) atoms. The van der Waals surface area contributed by atoms with Crippen LogP contribution in [0.4, 0.5) is 4.39 Å². The highest BCUT2D eigenvalue weighted by Gasteiger charge is 2.22. The Hall–Kier alpha value is -3.09. The Bertz CT molecular complexity index is 792. The minimum absolute atomic E-state index is 0.226. The van der Waals surface area contributed by atoms with Crippen LogP contribution in [0.1, 0.15) is 17.2 Å². The zero-order valence-electron chi connectivity index (χ0n) is 12.8. The molecule has 0 aliphatic rings. The van der Waals surface area contributed by atoms with Crippen molar-refractivity contribution in [2.24, 2.45) is 0 Å². The highest BCUT2D eigenvalue weighted by molar-refractivity contribution is 5.80. The monoisotopic (exact) mass is 325 g/mol. The largest absolute Gasteiger partial charge is 0.350 e. The van der Waals surface area contributed by atoms with E-state index in [-0.39, 0.29) is 18.3 Å². The van der Waals surface area contributed by atoms with Crippen LogP contribution in [-0.4, -0.2) is 26.1 Å². The maximum Gasteiger partial charge on any atom is 0.245 e. The summed E-state index contributed by atoms with van der Waals surface area (Å²) in [4.78, 5) is 12.6. The maximum atomic E-state index is 13.2. The second-order valence-corrected chi connectivity index (χ2v) is 5.34. The molecular weight excluding hydrogens is 309 g/mol. The first kappa shape index (κ1) is 15.8. The lowest BCUT2D eigenvalue weighted by Crippen LogP contribution is -2.34. The van der Waals surface area contributed by atoms with E-state index in [4.69, 9.17) is 0 Å². The van der Waals surface area contributed by atoms with Crippen molar-refractivity contribution in [1.82, 2.24) is 25.5 Å². The Morgan fingerprint density at radius 2 is 1.92 bits per heavy atom. The summed E-state index contributed by atoms with van der Waals surface area (Å²) in [6.45, 7) is 0.240. The van der Waals surface area contributed by atoms with Gasteiger partial charge < -0.3 is 5.32 Å². The molecule has 3 aromatic rings. The zero-order chi connectivity index (χ0) is 16.8. The number of nitrogens with one attached hydrogen (secondary N) is 1. The third kappa shape index (κ3) is 4.01. The van der Waals surface area contributed by atoms with E-state index in [0.717, 1.165) is 5.56 Å². The van der Waals surface area contributed by atoms with Crippen LogP contribution in [0.5, 0.6) is 0 Å². The van der Waals surface area contributed by atoms with Crippen LogP contribution in [0.15, 0.2) is 60.9 Å². The number of amides is 1. The molecular formula is C17H16FN5O. The second-order valence-electron chi connectivity index (χ2n) is 5.34.